The lowest BCUT2D eigenvalue weighted by Crippen LogP contribution is -2.58. The summed E-state index contributed by atoms with van der Waals surface area (Å²) in [5.41, 5.74) is 0.173. The van der Waals surface area contributed by atoms with E-state index >= 15 is 0 Å². The van der Waals surface area contributed by atoms with Gasteiger partial charge < -0.3 is 24.6 Å². The number of amides is 1. The summed E-state index contributed by atoms with van der Waals surface area (Å²) in [5.74, 6) is -3.56. The van der Waals surface area contributed by atoms with Crippen molar-refractivity contribution in [2.45, 2.75) is 78.0 Å². The lowest BCUT2D eigenvalue weighted by Gasteiger charge is -2.57. The second-order valence-electron chi connectivity index (χ2n) is 11.2. The van der Waals surface area contributed by atoms with Crippen molar-refractivity contribution >= 4 is 23.8 Å². The molecule has 0 aromatic heterocycles. The molecule has 0 aromatic rings. The van der Waals surface area contributed by atoms with Crippen molar-refractivity contribution in [1.82, 2.24) is 4.90 Å². The van der Waals surface area contributed by atoms with E-state index in [0.717, 1.165) is 12.8 Å². The Hall–Kier alpha value is -3.20. The number of carboxylic acid groups (broad SMARTS) is 2. The van der Waals surface area contributed by atoms with Crippen LogP contribution in [0.15, 0.2) is 47.6 Å². The van der Waals surface area contributed by atoms with Crippen LogP contribution in [0.25, 0.3) is 0 Å². The van der Waals surface area contributed by atoms with Crippen molar-refractivity contribution in [2.75, 3.05) is 13.7 Å². The first-order chi connectivity index (χ1) is 17.9. The van der Waals surface area contributed by atoms with E-state index in [2.05, 4.69) is 13.8 Å². The Labute approximate surface area is 223 Å². The number of hydrogen-bond acceptors (Lipinski definition) is 6. The van der Waals surface area contributed by atoms with Gasteiger partial charge in [0.15, 0.2) is 0 Å². The number of hydrogen-bond donors (Lipinski definition) is 2. The number of carbonyl (C=O) groups is 4. The summed E-state index contributed by atoms with van der Waals surface area (Å²) in [6.07, 6.45) is 10.6. The summed E-state index contributed by atoms with van der Waals surface area (Å²) >= 11 is 0. The molecule has 0 spiro atoms. The number of allylic oxidation sites excluding steroid dienone is 5. The lowest BCUT2D eigenvalue weighted by molar-refractivity contribution is -0.173. The molecule has 38 heavy (non-hydrogen) atoms. The zero-order chi connectivity index (χ0) is 28.3. The average molecular weight is 530 g/mol. The van der Waals surface area contributed by atoms with E-state index in [1.807, 2.05) is 26.0 Å². The molecule has 2 aliphatic carbocycles. The normalized spacial score (nSPS) is 29.7. The number of aliphatic carboxylic acids is 2. The average Bonchev–Trinajstić information content (AvgIpc) is 3.15. The molecule has 1 aliphatic heterocycles. The molecule has 1 saturated carbocycles. The van der Waals surface area contributed by atoms with Crippen LogP contribution in [0.5, 0.6) is 0 Å². The Morgan fingerprint density at radius 1 is 1.11 bits per heavy atom. The molecule has 9 nitrogen and oxygen atoms in total. The minimum atomic E-state index is -1.28. The van der Waals surface area contributed by atoms with E-state index in [1.165, 1.54) is 18.1 Å². The maximum absolute atomic E-state index is 13.9. The molecule has 208 valence electrons. The number of nitrogens with zero attached hydrogens (tertiary/aromatic N) is 1. The number of rotatable bonds is 10. The number of carboxylic acids is 2. The van der Waals surface area contributed by atoms with Gasteiger partial charge in [0.1, 0.15) is 18.2 Å². The monoisotopic (exact) mass is 529 g/mol. The number of esters is 1. The second kappa shape index (κ2) is 11.7. The molecular weight excluding hydrogens is 490 g/mol. The maximum Gasteiger partial charge on any atom is 0.331 e. The smallest absolute Gasteiger partial charge is 0.331 e. The van der Waals surface area contributed by atoms with Crippen LogP contribution in [-0.2, 0) is 28.7 Å². The molecule has 1 fully saturated rings. The first-order valence-electron chi connectivity index (χ1n) is 13.1. The first kappa shape index (κ1) is 29.4. The number of ether oxygens (including phenoxy) is 2. The fourth-order valence-corrected chi connectivity index (χ4v) is 6.88. The predicted molar refractivity (Wildman–Crippen MR) is 140 cm³/mol. The minimum absolute atomic E-state index is 0.0119. The van der Waals surface area contributed by atoms with Gasteiger partial charge in [-0.1, -0.05) is 57.6 Å². The number of methoxy groups -OCH3 is 1. The molecule has 1 heterocycles. The number of carbonyl (C=O) groups excluding carboxylic acids is 2. The highest BCUT2D eigenvalue weighted by Crippen LogP contribution is 2.62. The van der Waals surface area contributed by atoms with Gasteiger partial charge in [-0.2, -0.15) is 0 Å². The third-order valence-electron chi connectivity index (χ3n) is 8.28. The standard InChI is InChI=1S/C29H39NO8/c1-6-7-8-9-10-12-21(33)38-24-23(37-5)18-17-30(19(27(35)36)13-14-20(31)32)26(34)22(18)29(4)16-11-15-28(2,3)25(24)29/h6-10,12,19,23-25H,11,13-17H2,1-5H3,(H,31,32)(H,35,36)/b7-6+,9-8+,12-10+/t19-,23-,24-,25-,29+/m0/s1. The highest BCUT2D eigenvalue weighted by atomic mass is 16.6. The van der Waals surface area contributed by atoms with Crippen molar-refractivity contribution in [1.29, 1.82) is 0 Å². The summed E-state index contributed by atoms with van der Waals surface area (Å²) in [7, 11) is 1.50. The highest BCUT2D eigenvalue weighted by molar-refractivity contribution is 6.01. The molecular formula is C29H39NO8. The van der Waals surface area contributed by atoms with Crippen LogP contribution in [-0.4, -0.2) is 70.8 Å². The topological polar surface area (TPSA) is 130 Å². The van der Waals surface area contributed by atoms with Gasteiger partial charge in [-0.15, -0.1) is 0 Å². The Morgan fingerprint density at radius 3 is 2.39 bits per heavy atom. The highest BCUT2D eigenvalue weighted by Gasteiger charge is 2.63. The Bertz CT molecular complexity index is 1080. The van der Waals surface area contributed by atoms with Gasteiger partial charge in [0, 0.05) is 43.1 Å². The molecule has 5 atom stereocenters. The zero-order valence-corrected chi connectivity index (χ0v) is 22.8. The SMILES string of the molecule is C/C=C/C=C/C=C/C(=O)O[C@H]1[C@@H](OC)C2=C(C(=O)N([C@@H](CCC(=O)O)C(=O)O)C2)[C@@]2(C)CCCC(C)(C)[C@H]12. The fraction of sp³-hybridized carbons (Fsp3) is 0.586. The molecule has 1 amide bonds. The largest absolute Gasteiger partial charge is 0.481 e. The summed E-state index contributed by atoms with van der Waals surface area (Å²) in [6.45, 7) is 8.09. The third-order valence-corrected chi connectivity index (χ3v) is 8.28. The molecule has 9 heteroatoms. The van der Waals surface area contributed by atoms with Crippen LogP contribution in [0.4, 0.5) is 0 Å². The summed E-state index contributed by atoms with van der Waals surface area (Å²) in [6, 6.07) is -1.28. The quantitative estimate of drug-likeness (QED) is 0.248. The maximum atomic E-state index is 13.9. The van der Waals surface area contributed by atoms with Crippen LogP contribution in [0.1, 0.15) is 59.8 Å². The van der Waals surface area contributed by atoms with Crippen LogP contribution in [0.2, 0.25) is 0 Å². The van der Waals surface area contributed by atoms with Gasteiger partial charge in [-0.25, -0.2) is 9.59 Å². The van der Waals surface area contributed by atoms with Gasteiger partial charge >= 0.3 is 17.9 Å². The van der Waals surface area contributed by atoms with Crippen molar-refractivity contribution in [2.24, 2.45) is 16.7 Å². The third kappa shape index (κ3) is 5.62. The Morgan fingerprint density at radius 2 is 1.79 bits per heavy atom. The molecule has 3 aliphatic rings. The first-order valence-corrected chi connectivity index (χ1v) is 13.1. The summed E-state index contributed by atoms with van der Waals surface area (Å²) in [4.78, 5) is 51.3. The summed E-state index contributed by atoms with van der Waals surface area (Å²) < 4.78 is 12.0. The molecule has 0 radical (unpaired) electrons. The van der Waals surface area contributed by atoms with E-state index in [-0.39, 0.29) is 30.7 Å². The van der Waals surface area contributed by atoms with Gasteiger partial charge in [-0.05, 0) is 37.2 Å². The molecule has 3 rings (SSSR count). The zero-order valence-electron chi connectivity index (χ0n) is 22.8. The van der Waals surface area contributed by atoms with Crippen LogP contribution in [0, 0.1) is 16.7 Å². The van der Waals surface area contributed by atoms with Gasteiger partial charge in [0.2, 0.25) is 0 Å². The van der Waals surface area contributed by atoms with E-state index < -0.39 is 47.5 Å². The fourth-order valence-electron chi connectivity index (χ4n) is 6.88. The molecule has 0 aromatic carbocycles. The van der Waals surface area contributed by atoms with E-state index in [9.17, 15) is 24.3 Å². The van der Waals surface area contributed by atoms with Crippen molar-refractivity contribution in [3.8, 4) is 0 Å². The van der Waals surface area contributed by atoms with Crippen molar-refractivity contribution < 1.29 is 38.9 Å². The van der Waals surface area contributed by atoms with E-state index in [4.69, 9.17) is 14.6 Å². The van der Waals surface area contributed by atoms with Crippen molar-refractivity contribution in [3.05, 3.63) is 47.6 Å². The Kier molecular flexibility index (Phi) is 9.02. The van der Waals surface area contributed by atoms with E-state index in [0.29, 0.717) is 17.6 Å². The van der Waals surface area contributed by atoms with Gasteiger partial charge in [0.25, 0.3) is 5.91 Å². The van der Waals surface area contributed by atoms with Crippen LogP contribution >= 0.6 is 0 Å². The van der Waals surface area contributed by atoms with E-state index in [1.54, 1.807) is 18.2 Å². The number of fused-ring (bicyclic) bond motifs is 2. The van der Waals surface area contributed by atoms with Crippen LogP contribution < -0.4 is 0 Å². The molecule has 0 unspecified atom stereocenters. The predicted octanol–water partition coefficient (Wildman–Crippen LogP) is 3.90. The molecule has 0 saturated heterocycles. The molecule has 0 bridgehead atoms. The van der Waals surface area contributed by atoms with Crippen LogP contribution in [0.3, 0.4) is 0 Å². The van der Waals surface area contributed by atoms with Crippen molar-refractivity contribution in [3.63, 3.8) is 0 Å². The molecule has 2 N–H and O–H groups in total. The van der Waals surface area contributed by atoms with Gasteiger partial charge in [-0.3, -0.25) is 9.59 Å². The second-order valence-corrected chi connectivity index (χ2v) is 11.2. The minimum Gasteiger partial charge on any atom is -0.481 e. The summed E-state index contributed by atoms with van der Waals surface area (Å²) in [5, 5.41) is 19.0. The Balaban J connectivity index is 2.03. The lowest BCUT2D eigenvalue weighted by atomic mass is 9.49. The van der Waals surface area contributed by atoms with Gasteiger partial charge in [0.05, 0.1) is 0 Å².